The van der Waals surface area contributed by atoms with E-state index >= 15 is 0 Å². The van der Waals surface area contributed by atoms with Crippen LogP contribution in [0.3, 0.4) is 0 Å². The van der Waals surface area contributed by atoms with E-state index in [-0.39, 0.29) is 17.4 Å². The first-order valence-corrected chi connectivity index (χ1v) is 6.38. The summed E-state index contributed by atoms with van der Waals surface area (Å²) in [7, 11) is 0. The molecule has 3 unspecified atom stereocenters. The number of rotatable bonds is 3. The van der Waals surface area contributed by atoms with Crippen molar-refractivity contribution in [3.63, 3.8) is 0 Å². The van der Waals surface area contributed by atoms with Gasteiger partial charge in [0.2, 0.25) is 5.91 Å². The minimum absolute atomic E-state index is 0.262. The molecule has 5 nitrogen and oxygen atoms in total. The van der Waals surface area contributed by atoms with E-state index in [9.17, 15) is 14.7 Å². The zero-order chi connectivity index (χ0) is 14.1. The number of carbonyl (C=O) groups is 2. The summed E-state index contributed by atoms with van der Waals surface area (Å²) in [5, 5.41) is 12.1. The second-order valence-corrected chi connectivity index (χ2v) is 6.52. The molecule has 1 amide bonds. The van der Waals surface area contributed by atoms with E-state index < -0.39 is 17.4 Å². The van der Waals surface area contributed by atoms with Crippen LogP contribution in [0.15, 0.2) is 0 Å². The molecule has 0 aromatic heterocycles. The molecule has 0 aromatic rings. The monoisotopic (exact) mass is 256 g/mol. The summed E-state index contributed by atoms with van der Waals surface area (Å²) < 4.78 is 0. The van der Waals surface area contributed by atoms with Crippen molar-refractivity contribution in [2.24, 2.45) is 16.6 Å². The van der Waals surface area contributed by atoms with Crippen LogP contribution in [-0.2, 0) is 9.59 Å². The van der Waals surface area contributed by atoms with Crippen LogP contribution in [0.1, 0.15) is 47.0 Å². The maximum atomic E-state index is 12.0. The average molecular weight is 256 g/mol. The number of amides is 1. The number of carbonyl (C=O) groups excluding carboxylic acids is 1. The summed E-state index contributed by atoms with van der Waals surface area (Å²) in [6, 6.07) is -0.952. The fourth-order valence-electron chi connectivity index (χ4n) is 2.31. The molecule has 104 valence electrons. The minimum Gasteiger partial charge on any atom is -0.481 e. The molecule has 1 aliphatic rings. The maximum absolute atomic E-state index is 12.0. The van der Waals surface area contributed by atoms with E-state index in [0.29, 0.717) is 12.8 Å². The minimum atomic E-state index is -0.868. The number of hydrogen-bond donors (Lipinski definition) is 3. The summed E-state index contributed by atoms with van der Waals surface area (Å²) in [5.41, 5.74) is 4.68. The molecular formula is C13H24N2O3. The summed E-state index contributed by atoms with van der Waals surface area (Å²) >= 11 is 0. The van der Waals surface area contributed by atoms with Crippen molar-refractivity contribution in [2.75, 3.05) is 0 Å². The largest absolute Gasteiger partial charge is 0.481 e. The van der Waals surface area contributed by atoms with Gasteiger partial charge in [-0.05, 0) is 25.2 Å². The van der Waals surface area contributed by atoms with E-state index in [0.717, 1.165) is 6.42 Å². The van der Waals surface area contributed by atoms with E-state index in [4.69, 9.17) is 5.73 Å². The number of hydrogen-bond acceptors (Lipinski definition) is 3. The molecule has 0 saturated heterocycles. The Morgan fingerprint density at radius 3 is 2.44 bits per heavy atom. The lowest BCUT2D eigenvalue weighted by Gasteiger charge is -2.31. The Labute approximate surface area is 108 Å². The molecule has 1 fully saturated rings. The summed E-state index contributed by atoms with van der Waals surface area (Å²) in [4.78, 5) is 23.3. The van der Waals surface area contributed by atoms with Crippen molar-refractivity contribution in [3.8, 4) is 0 Å². The average Bonchev–Trinajstić information content (AvgIpc) is 2.59. The van der Waals surface area contributed by atoms with Crippen molar-refractivity contribution in [3.05, 3.63) is 0 Å². The second-order valence-electron chi connectivity index (χ2n) is 6.52. The van der Waals surface area contributed by atoms with Crippen molar-refractivity contribution in [2.45, 2.75) is 59.0 Å². The first-order chi connectivity index (χ1) is 8.09. The molecule has 0 heterocycles. The van der Waals surface area contributed by atoms with Crippen LogP contribution in [0, 0.1) is 10.8 Å². The molecule has 1 aliphatic carbocycles. The molecule has 3 atom stereocenters. The Balaban J connectivity index is 2.74. The van der Waals surface area contributed by atoms with Gasteiger partial charge >= 0.3 is 5.97 Å². The van der Waals surface area contributed by atoms with Crippen LogP contribution in [-0.4, -0.2) is 29.1 Å². The molecule has 0 bridgehead atoms. The van der Waals surface area contributed by atoms with Crippen LogP contribution in [0.4, 0.5) is 0 Å². The van der Waals surface area contributed by atoms with Crippen LogP contribution >= 0.6 is 0 Å². The molecule has 18 heavy (non-hydrogen) atoms. The van der Waals surface area contributed by atoms with Crippen LogP contribution in [0.25, 0.3) is 0 Å². The summed E-state index contributed by atoms with van der Waals surface area (Å²) in [5.74, 6) is -1.11. The van der Waals surface area contributed by atoms with Crippen LogP contribution in [0.2, 0.25) is 0 Å². The topological polar surface area (TPSA) is 92.4 Å². The first-order valence-electron chi connectivity index (χ1n) is 6.38. The zero-order valence-electron chi connectivity index (χ0n) is 11.6. The highest BCUT2D eigenvalue weighted by atomic mass is 16.4. The van der Waals surface area contributed by atoms with Gasteiger partial charge in [-0.25, -0.2) is 0 Å². The van der Waals surface area contributed by atoms with Gasteiger partial charge in [0.1, 0.15) is 0 Å². The lowest BCUT2D eigenvalue weighted by Crippen LogP contribution is -2.55. The lowest BCUT2D eigenvalue weighted by molar-refractivity contribution is -0.149. The molecule has 4 N–H and O–H groups in total. The van der Waals surface area contributed by atoms with Crippen molar-refractivity contribution in [1.29, 1.82) is 0 Å². The third kappa shape index (κ3) is 2.83. The normalized spacial score (nSPS) is 29.9. The third-order valence-corrected chi connectivity index (χ3v) is 3.98. The molecule has 0 aromatic carbocycles. The zero-order valence-corrected chi connectivity index (χ0v) is 11.6. The van der Waals surface area contributed by atoms with Gasteiger partial charge in [-0.3, -0.25) is 9.59 Å². The van der Waals surface area contributed by atoms with E-state index in [1.165, 1.54) is 0 Å². The van der Waals surface area contributed by atoms with Gasteiger partial charge in [-0.1, -0.05) is 27.2 Å². The highest BCUT2D eigenvalue weighted by Crippen LogP contribution is 2.38. The van der Waals surface area contributed by atoms with Crippen molar-refractivity contribution in [1.82, 2.24) is 5.32 Å². The van der Waals surface area contributed by atoms with Crippen LogP contribution < -0.4 is 11.1 Å². The molecule has 1 saturated carbocycles. The number of carboxylic acids is 1. The second kappa shape index (κ2) is 4.88. The fraction of sp³-hybridized carbons (Fsp3) is 0.846. The van der Waals surface area contributed by atoms with Gasteiger partial charge in [0, 0.05) is 6.04 Å². The van der Waals surface area contributed by atoms with E-state index in [1.54, 1.807) is 6.92 Å². The smallest absolute Gasteiger partial charge is 0.311 e. The molecule has 5 heteroatoms. The Morgan fingerprint density at radius 1 is 1.44 bits per heavy atom. The highest BCUT2D eigenvalue weighted by molar-refractivity contribution is 5.84. The number of nitrogens with two attached hydrogens (primary N) is 1. The maximum Gasteiger partial charge on any atom is 0.311 e. The van der Waals surface area contributed by atoms with E-state index in [2.05, 4.69) is 5.32 Å². The Bertz CT molecular complexity index is 349. The third-order valence-electron chi connectivity index (χ3n) is 3.98. The van der Waals surface area contributed by atoms with Gasteiger partial charge in [-0.15, -0.1) is 0 Å². The number of aliphatic carboxylic acids is 1. The van der Waals surface area contributed by atoms with Gasteiger partial charge in [-0.2, -0.15) is 0 Å². The fourth-order valence-corrected chi connectivity index (χ4v) is 2.31. The predicted molar refractivity (Wildman–Crippen MR) is 69.0 cm³/mol. The standard InChI is InChI=1S/C13H24N2O3/c1-12(2,3)9(14)10(16)15-8-6-5-7-13(8,4)11(17)18/h8-9H,5-7,14H2,1-4H3,(H,15,16)(H,17,18). The van der Waals surface area contributed by atoms with Gasteiger partial charge in [0.05, 0.1) is 11.5 Å². The van der Waals surface area contributed by atoms with Gasteiger partial charge in [0.15, 0.2) is 0 Å². The Hall–Kier alpha value is -1.10. The predicted octanol–water partition coefficient (Wildman–Crippen LogP) is 1.12. The molecule has 0 spiro atoms. The highest BCUT2D eigenvalue weighted by Gasteiger charge is 2.46. The first kappa shape index (κ1) is 15.0. The Morgan fingerprint density at radius 2 is 2.00 bits per heavy atom. The summed E-state index contributed by atoms with van der Waals surface area (Å²) in [6.45, 7) is 7.36. The lowest BCUT2D eigenvalue weighted by atomic mass is 9.83. The van der Waals surface area contributed by atoms with Crippen LogP contribution in [0.5, 0.6) is 0 Å². The quantitative estimate of drug-likeness (QED) is 0.705. The summed E-state index contributed by atoms with van der Waals surface area (Å²) in [6.07, 6.45) is 2.11. The van der Waals surface area contributed by atoms with Crippen molar-refractivity contribution < 1.29 is 14.7 Å². The SMILES string of the molecule is CC(C)(C)C(N)C(=O)NC1CCCC1(C)C(=O)O. The number of carboxylic acid groups (broad SMARTS) is 1. The molecule has 0 aliphatic heterocycles. The Kier molecular flexibility index (Phi) is 4.05. The van der Waals surface area contributed by atoms with Gasteiger partial charge < -0.3 is 16.2 Å². The molecular weight excluding hydrogens is 232 g/mol. The molecule has 1 rings (SSSR count). The van der Waals surface area contributed by atoms with Gasteiger partial charge in [0.25, 0.3) is 0 Å². The van der Waals surface area contributed by atoms with Crippen molar-refractivity contribution >= 4 is 11.9 Å². The van der Waals surface area contributed by atoms with E-state index in [1.807, 2.05) is 20.8 Å². The number of nitrogens with one attached hydrogen (secondary N) is 1. The molecule has 0 radical (unpaired) electrons.